The number of aromatic nitrogens is 2. The predicted octanol–water partition coefficient (Wildman–Crippen LogP) is 1.50. The topological polar surface area (TPSA) is 98.0 Å². The molecule has 1 aromatic heterocycles. The molecule has 0 saturated carbocycles. The number of aromatic amines is 1. The first kappa shape index (κ1) is 14.8. The molecule has 7 nitrogen and oxygen atoms in total. The molecule has 0 aliphatic heterocycles. The largest absolute Gasteiger partial charge is 0.334 e. The summed E-state index contributed by atoms with van der Waals surface area (Å²) in [4.78, 5) is 34.2. The zero-order chi connectivity index (χ0) is 15.9. The van der Waals surface area contributed by atoms with Crippen LogP contribution in [0.1, 0.15) is 0 Å². The molecule has 0 fully saturated rings. The molecule has 0 radical (unpaired) electrons. The predicted molar refractivity (Wildman–Crippen MR) is 64.2 cm³/mol. The first-order chi connectivity index (χ1) is 9.73. The van der Waals surface area contributed by atoms with Crippen LogP contribution in [-0.4, -0.2) is 14.5 Å². The summed E-state index contributed by atoms with van der Waals surface area (Å²) >= 11 is 5.22. The minimum absolute atomic E-state index is 0.0665. The summed E-state index contributed by atoms with van der Waals surface area (Å²) in [5, 5.41) is 9.68. The minimum atomic E-state index is -1.64. The van der Waals surface area contributed by atoms with Crippen molar-refractivity contribution in [3.63, 3.8) is 0 Å². The number of hydrogen-bond acceptors (Lipinski definition) is 4. The Morgan fingerprint density at radius 1 is 1.19 bits per heavy atom. The molecule has 0 saturated heterocycles. The molecule has 11 heteroatoms. The number of nitrogens with zero attached hydrogens (tertiary/aromatic N) is 2. The molecule has 2 rings (SSSR count). The first-order valence-electron chi connectivity index (χ1n) is 5.08. The Hall–Kier alpha value is -2.62. The lowest BCUT2D eigenvalue weighted by molar-refractivity contribution is -0.387. The third kappa shape index (κ3) is 2.40. The van der Waals surface area contributed by atoms with Gasteiger partial charge < -0.3 is 0 Å². The fourth-order valence-electron chi connectivity index (χ4n) is 1.55. The van der Waals surface area contributed by atoms with E-state index in [1.807, 2.05) is 0 Å². The second-order valence-electron chi connectivity index (χ2n) is 3.71. The number of hydrogen-bond donors (Lipinski definition) is 1. The van der Waals surface area contributed by atoms with E-state index in [9.17, 15) is 32.9 Å². The van der Waals surface area contributed by atoms with Crippen LogP contribution < -0.4 is 11.2 Å². The Bertz CT molecular complexity index is 877. The van der Waals surface area contributed by atoms with E-state index < -0.39 is 50.2 Å². The van der Waals surface area contributed by atoms with Crippen LogP contribution in [0.5, 0.6) is 0 Å². The highest BCUT2D eigenvalue weighted by molar-refractivity contribution is 6.29. The van der Waals surface area contributed by atoms with Crippen molar-refractivity contribution in [2.75, 3.05) is 0 Å². The molecular formula is C10H3ClF3N3O4. The van der Waals surface area contributed by atoms with E-state index in [0.29, 0.717) is 6.07 Å². The SMILES string of the molecule is O=c1[nH]c(Cl)c(F)c(=O)n1-c1cc([N+](=O)[O-])c(F)cc1F. The molecule has 0 atom stereocenters. The highest BCUT2D eigenvalue weighted by atomic mass is 35.5. The van der Waals surface area contributed by atoms with Gasteiger partial charge >= 0.3 is 11.4 Å². The zero-order valence-corrected chi connectivity index (χ0v) is 10.4. The number of nitrogens with one attached hydrogen (secondary N) is 1. The lowest BCUT2D eigenvalue weighted by Gasteiger charge is -2.07. The van der Waals surface area contributed by atoms with Crippen LogP contribution in [0.25, 0.3) is 5.69 Å². The van der Waals surface area contributed by atoms with Gasteiger partial charge in [0.25, 0.3) is 5.56 Å². The number of halogens is 4. The van der Waals surface area contributed by atoms with Crippen LogP contribution >= 0.6 is 11.6 Å². The summed E-state index contributed by atoms with van der Waals surface area (Å²) < 4.78 is 40.1. The zero-order valence-electron chi connectivity index (χ0n) is 9.69. The Labute approximate surface area is 117 Å². The summed E-state index contributed by atoms with van der Waals surface area (Å²) in [6, 6.07) is 0.403. The van der Waals surface area contributed by atoms with E-state index in [1.165, 1.54) is 0 Å². The van der Waals surface area contributed by atoms with Crippen LogP contribution in [0, 0.1) is 27.6 Å². The van der Waals surface area contributed by atoms with Crippen molar-refractivity contribution in [2.24, 2.45) is 0 Å². The molecule has 1 N–H and O–H groups in total. The van der Waals surface area contributed by atoms with Gasteiger partial charge in [0.1, 0.15) is 0 Å². The monoisotopic (exact) mass is 321 g/mol. The quantitative estimate of drug-likeness (QED) is 0.515. The molecule has 2 aromatic rings. The van der Waals surface area contributed by atoms with Crippen molar-refractivity contribution >= 4 is 17.3 Å². The van der Waals surface area contributed by atoms with Gasteiger partial charge in [-0.1, -0.05) is 11.6 Å². The van der Waals surface area contributed by atoms with Crippen molar-refractivity contribution in [3.8, 4) is 5.69 Å². The molecular weight excluding hydrogens is 319 g/mol. The van der Waals surface area contributed by atoms with Gasteiger partial charge in [-0.05, 0) is 0 Å². The maximum atomic E-state index is 13.6. The molecule has 0 spiro atoms. The van der Waals surface area contributed by atoms with Gasteiger partial charge in [-0.25, -0.2) is 13.8 Å². The Morgan fingerprint density at radius 3 is 2.38 bits per heavy atom. The number of H-pyrrole nitrogens is 1. The van der Waals surface area contributed by atoms with Gasteiger partial charge in [0, 0.05) is 12.1 Å². The average molecular weight is 322 g/mol. The summed E-state index contributed by atoms with van der Waals surface area (Å²) in [5.41, 5.74) is -5.15. The van der Waals surface area contributed by atoms with Crippen molar-refractivity contribution in [2.45, 2.75) is 0 Å². The normalized spacial score (nSPS) is 10.7. The summed E-state index contributed by atoms with van der Waals surface area (Å²) in [5.74, 6) is -4.57. The van der Waals surface area contributed by atoms with Crippen LogP contribution in [0.3, 0.4) is 0 Å². The molecule has 110 valence electrons. The van der Waals surface area contributed by atoms with Crippen molar-refractivity contribution in [1.82, 2.24) is 9.55 Å². The van der Waals surface area contributed by atoms with E-state index in [4.69, 9.17) is 11.6 Å². The van der Waals surface area contributed by atoms with Crippen LogP contribution in [0.2, 0.25) is 5.15 Å². The molecule has 0 aliphatic rings. The second kappa shape index (κ2) is 5.05. The number of nitro benzene ring substituents is 1. The molecule has 1 heterocycles. The Balaban J connectivity index is 2.89. The smallest absolute Gasteiger partial charge is 0.295 e. The van der Waals surface area contributed by atoms with Crippen molar-refractivity contribution in [3.05, 3.63) is 65.7 Å². The van der Waals surface area contributed by atoms with Gasteiger partial charge in [0.2, 0.25) is 11.6 Å². The number of nitro groups is 1. The summed E-state index contributed by atoms with van der Waals surface area (Å²) in [6.45, 7) is 0. The minimum Gasteiger partial charge on any atom is -0.295 e. The van der Waals surface area contributed by atoms with E-state index in [-0.39, 0.29) is 10.6 Å². The maximum Gasteiger partial charge on any atom is 0.334 e. The second-order valence-corrected chi connectivity index (χ2v) is 4.09. The number of rotatable bonds is 2. The number of benzene rings is 1. The van der Waals surface area contributed by atoms with Crippen molar-refractivity contribution < 1.29 is 18.1 Å². The van der Waals surface area contributed by atoms with E-state index in [1.54, 1.807) is 4.98 Å². The Morgan fingerprint density at radius 2 is 1.81 bits per heavy atom. The lowest BCUT2D eigenvalue weighted by Crippen LogP contribution is -2.36. The van der Waals surface area contributed by atoms with E-state index in [2.05, 4.69) is 0 Å². The lowest BCUT2D eigenvalue weighted by atomic mass is 10.2. The van der Waals surface area contributed by atoms with Gasteiger partial charge in [0.05, 0.1) is 10.6 Å². The molecule has 21 heavy (non-hydrogen) atoms. The third-order valence-electron chi connectivity index (χ3n) is 2.46. The first-order valence-corrected chi connectivity index (χ1v) is 5.46. The third-order valence-corrected chi connectivity index (χ3v) is 2.72. The van der Waals surface area contributed by atoms with E-state index in [0.717, 1.165) is 0 Å². The summed E-state index contributed by atoms with van der Waals surface area (Å²) in [7, 11) is 0. The standard InChI is InChI=1S/C10H3ClF3N3O4/c11-8-7(14)9(18)16(10(19)15-8)5-2-6(17(20)21)4(13)1-3(5)12/h1-2H,(H,15,19). The highest BCUT2D eigenvalue weighted by Gasteiger charge is 2.23. The average Bonchev–Trinajstić information content (AvgIpc) is 2.38. The fourth-order valence-corrected chi connectivity index (χ4v) is 1.71. The highest BCUT2D eigenvalue weighted by Crippen LogP contribution is 2.23. The van der Waals surface area contributed by atoms with Crippen LogP contribution in [0.4, 0.5) is 18.9 Å². The molecule has 0 amide bonds. The maximum absolute atomic E-state index is 13.6. The van der Waals surface area contributed by atoms with Crippen molar-refractivity contribution in [1.29, 1.82) is 0 Å². The van der Waals surface area contributed by atoms with E-state index >= 15 is 0 Å². The van der Waals surface area contributed by atoms with Gasteiger partial charge in [-0.15, -0.1) is 0 Å². The molecule has 0 aliphatic carbocycles. The van der Waals surface area contributed by atoms with Gasteiger partial charge in [0.15, 0.2) is 11.0 Å². The molecule has 0 bridgehead atoms. The molecule has 0 unspecified atom stereocenters. The fraction of sp³-hybridized carbons (Fsp3) is 0. The summed E-state index contributed by atoms with van der Waals surface area (Å²) in [6.07, 6.45) is 0. The van der Waals surface area contributed by atoms with Crippen LogP contribution in [0.15, 0.2) is 21.7 Å². The van der Waals surface area contributed by atoms with Crippen LogP contribution in [-0.2, 0) is 0 Å². The molecule has 1 aromatic carbocycles. The Kier molecular flexibility index (Phi) is 3.56. The van der Waals surface area contributed by atoms with Gasteiger partial charge in [-0.3, -0.25) is 19.9 Å². The van der Waals surface area contributed by atoms with Gasteiger partial charge in [-0.2, -0.15) is 8.78 Å².